The van der Waals surface area contributed by atoms with Gasteiger partial charge in [0.1, 0.15) is 5.75 Å². The van der Waals surface area contributed by atoms with E-state index in [2.05, 4.69) is 4.74 Å². The van der Waals surface area contributed by atoms with Gasteiger partial charge in [0, 0.05) is 18.6 Å². The summed E-state index contributed by atoms with van der Waals surface area (Å²) in [5, 5.41) is 0. The molecule has 0 amide bonds. The maximum atomic E-state index is 12.1. The molecule has 18 heavy (non-hydrogen) atoms. The average molecular weight is 261 g/mol. The summed E-state index contributed by atoms with van der Waals surface area (Å²) in [6, 6.07) is 5.47. The highest BCUT2D eigenvalue weighted by molar-refractivity contribution is 5.31. The van der Waals surface area contributed by atoms with E-state index in [0.717, 1.165) is 6.42 Å². The summed E-state index contributed by atoms with van der Waals surface area (Å²) in [5.41, 5.74) is 6.65. The van der Waals surface area contributed by atoms with E-state index in [9.17, 15) is 13.2 Å². The third-order valence-corrected chi connectivity index (χ3v) is 2.95. The largest absolute Gasteiger partial charge is 0.573 e. The van der Waals surface area contributed by atoms with Crippen molar-refractivity contribution in [1.82, 2.24) is 0 Å². The lowest BCUT2D eigenvalue weighted by atomic mass is 9.93. The second-order valence-electron chi connectivity index (χ2n) is 4.27. The number of nitrogens with two attached hydrogens (primary N) is 1. The van der Waals surface area contributed by atoms with E-state index in [-0.39, 0.29) is 17.7 Å². The number of ether oxygens (including phenoxy) is 2. The van der Waals surface area contributed by atoms with Gasteiger partial charge in [-0.05, 0) is 24.1 Å². The van der Waals surface area contributed by atoms with Crippen LogP contribution in [0.2, 0.25) is 0 Å². The Balaban J connectivity index is 2.11. The SMILES string of the molecule is NC(c1cccc(OC(F)(F)F)c1)C1CCOC1. The Labute approximate surface area is 103 Å². The van der Waals surface area contributed by atoms with Gasteiger partial charge in [-0.15, -0.1) is 13.2 Å². The highest BCUT2D eigenvalue weighted by Gasteiger charge is 2.31. The molecule has 0 bridgehead atoms. The molecule has 1 heterocycles. The van der Waals surface area contributed by atoms with Gasteiger partial charge in [-0.3, -0.25) is 0 Å². The fraction of sp³-hybridized carbons (Fsp3) is 0.500. The first-order valence-electron chi connectivity index (χ1n) is 5.65. The zero-order valence-corrected chi connectivity index (χ0v) is 9.61. The summed E-state index contributed by atoms with van der Waals surface area (Å²) in [6.45, 7) is 1.20. The lowest BCUT2D eigenvalue weighted by Gasteiger charge is -2.19. The summed E-state index contributed by atoms with van der Waals surface area (Å²) in [5.74, 6) is -0.0968. The minimum Gasteiger partial charge on any atom is -0.406 e. The summed E-state index contributed by atoms with van der Waals surface area (Å²) >= 11 is 0. The molecule has 3 nitrogen and oxygen atoms in total. The Morgan fingerprint density at radius 2 is 2.17 bits per heavy atom. The first kappa shape index (κ1) is 13.2. The van der Waals surface area contributed by atoms with Crippen LogP contribution in [0.15, 0.2) is 24.3 Å². The summed E-state index contributed by atoms with van der Waals surface area (Å²) in [4.78, 5) is 0. The first-order valence-corrected chi connectivity index (χ1v) is 5.65. The molecule has 1 aromatic rings. The molecule has 0 aromatic heterocycles. The maximum absolute atomic E-state index is 12.1. The van der Waals surface area contributed by atoms with E-state index >= 15 is 0 Å². The average Bonchev–Trinajstić information content (AvgIpc) is 2.79. The van der Waals surface area contributed by atoms with E-state index in [4.69, 9.17) is 10.5 Å². The molecule has 1 aliphatic heterocycles. The predicted molar refractivity (Wildman–Crippen MR) is 59.0 cm³/mol. The molecular weight excluding hydrogens is 247 g/mol. The number of hydrogen-bond donors (Lipinski definition) is 1. The second-order valence-corrected chi connectivity index (χ2v) is 4.27. The third-order valence-electron chi connectivity index (χ3n) is 2.95. The smallest absolute Gasteiger partial charge is 0.406 e. The molecule has 1 saturated heterocycles. The van der Waals surface area contributed by atoms with E-state index in [1.807, 2.05) is 0 Å². The van der Waals surface area contributed by atoms with Crippen LogP contribution in [0, 0.1) is 5.92 Å². The van der Waals surface area contributed by atoms with Crippen molar-refractivity contribution >= 4 is 0 Å². The molecule has 2 rings (SSSR count). The normalized spacial score (nSPS) is 21.9. The van der Waals surface area contributed by atoms with Crippen LogP contribution >= 0.6 is 0 Å². The van der Waals surface area contributed by atoms with Gasteiger partial charge in [0.05, 0.1) is 6.61 Å². The number of rotatable bonds is 3. The van der Waals surface area contributed by atoms with E-state index in [1.54, 1.807) is 6.07 Å². The Morgan fingerprint density at radius 3 is 2.78 bits per heavy atom. The maximum Gasteiger partial charge on any atom is 0.573 e. The minimum atomic E-state index is -4.68. The van der Waals surface area contributed by atoms with Crippen molar-refractivity contribution in [3.05, 3.63) is 29.8 Å². The number of benzene rings is 1. The molecular formula is C12H14F3NO2. The standard InChI is InChI=1S/C12H14F3NO2/c13-12(14,15)18-10-3-1-2-8(6-10)11(16)9-4-5-17-7-9/h1-3,6,9,11H,4-5,7,16H2. The first-order chi connectivity index (χ1) is 8.46. The quantitative estimate of drug-likeness (QED) is 0.909. The highest BCUT2D eigenvalue weighted by Crippen LogP contribution is 2.30. The fourth-order valence-electron chi connectivity index (χ4n) is 2.03. The van der Waals surface area contributed by atoms with Crippen molar-refractivity contribution in [2.24, 2.45) is 11.7 Å². The molecule has 0 radical (unpaired) electrons. The Bertz CT molecular complexity index is 403. The topological polar surface area (TPSA) is 44.5 Å². The van der Waals surface area contributed by atoms with Crippen LogP contribution in [0.1, 0.15) is 18.0 Å². The third kappa shape index (κ3) is 3.36. The van der Waals surface area contributed by atoms with Crippen LogP contribution in [-0.4, -0.2) is 19.6 Å². The van der Waals surface area contributed by atoms with Crippen molar-refractivity contribution in [2.75, 3.05) is 13.2 Å². The van der Waals surface area contributed by atoms with Gasteiger partial charge in [0.2, 0.25) is 0 Å². The van der Waals surface area contributed by atoms with Gasteiger partial charge in [0.25, 0.3) is 0 Å². The van der Waals surface area contributed by atoms with Gasteiger partial charge in [-0.1, -0.05) is 12.1 Å². The van der Waals surface area contributed by atoms with Gasteiger partial charge < -0.3 is 15.2 Å². The van der Waals surface area contributed by atoms with E-state index < -0.39 is 6.36 Å². The molecule has 0 aliphatic carbocycles. The lowest BCUT2D eigenvalue weighted by Crippen LogP contribution is -2.22. The molecule has 1 aliphatic rings. The van der Waals surface area contributed by atoms with E-state index in [1.165, 1.54) is 18.2 Å². The van der Waals surface area contributed by atoms with Crippen molar-refractivity contribution in [3.63, 3.8) is 0 Å². The summed E-state index contributed by atoms with van der Waals surface area (Å²) < 4.78 is 45.4. The van der Waals surface area contributed by atoms with Crippen molar-refractivity contribution < 1.29 is 22.6 Å². The van der Waals surface area contributed by atoms with Crippen LogP contribution in [-0.2, 0) is 4.74 Å². The monoisotopic (exact) mass is 261 g/mol. The molecule has 1 aromatic carbocycles. The van der Waals surface area contributed by atoms with Crippen molar-refractivity contribution in [1.29, 1.82) is 0 Å². The zero-order valence-electron chi connectivity index (χ0n) is 9.61. The van der Waals surface area contributed by atoms with Gasteiger partial charge in [-0.2, -0.15) is 0 Å². The van der Waals surface area contributed by atoms with Gasteiger partial charge in [-0.25, -0.2) is 0 Å². The van der Waals surface area contributed by atoms with Crippen molar-refractivity contribution in [2.45, 2.75) is 18.8 Å². The molecule has 100 valence electrons. The minimum absolute atomic E-state index is 0.145. The summed E-state index contributed by atoms with van der Waals surface area (Å²) in [6.07, 6.45) is -3.86. The Morgan fingerprint density at radius 1 is 1.39 bits per heavy atom. The molecule has 0 saturated carbocycles. The van der Waals surface area contributed by atoms with Crippen molar-refractivity contribution in [3.8, 4) is 5.75 Å². The van der Waals surface area contributed by atoms with Crippen LogP contribution in [0.4, 0.5) is 13.2 Å². The predicted octanol–water partition coefficient (Wildman–Crippen LogP) is 2.62. The van der Waals surface area contributed by atoms with E-state index in [0.29, 0.717) is 18.8 Å². The molecule has 2 atom stereocenters. The fourth-order valence-corrected chi connectivity index (χ4v) is 2.03. The second kappa shape index (κ2) is 5.16. The number of halogens is 3. The molecule has 0 spiro atoms. The van der Waals surface area contributed by atoms with Crippen LogP contribution < -0.4 is 10.5 Å². The summed E-state index contributed by atoms with van der Waals surface area (Å²) in [7, 11) is 0. The highest BCUT2D eigenvalue weighted by atomic mass is 19.4. The molecule has 1 fully saturated rings. The van der Waals surface area contributed by atoms with Gasteiger partial charge >= 0.3 is 6.36 Å². The zero-order chi connectivity index (χ0) is 13.2. The molecule has 2 N–H and O–H groups in total. The van der Waals surface area contributed by atoms with Crippen LogP contribution in [0.5, 0.6) is 5.75 Å². The van der Waals surface area contributed by atoms with Crippen LogP contribution in [0.3, 0.4) is 0 Å². The van der Waals surface area contributed by atoms with Gasteiger partial charge in [0.15, 0.2) is 0 Å². The Kier molecular flexibility index (Phi) is 3.77. The lowest BCUT2D eigenvalue weighted by molar-refractivity contribution is -0.274. The number of alkyl halides is 3. The molecule has 2 unspecified atom stereocenters. The Hall–Kier alpha value is -1.27. The van der Waals surface area contributed by atoms with Crippen LogP contribution in [0.25, 0.3) is 0 Å². The number of hydrogen-bond acceptors (Lipinski definition) is 3. The molecule has 6 heteroatoms.